The second kappa shape index (κ2) is 19.4. The fraction of sp³-hybridized carbons (Fsp3) is 0.739. The van der Waals surface area contributed by atoms with Gasteiger partial charge in [0.1, 0.15) is 47.4 Å². The number of benzene rings is 2. The normalized spacial score (nSPS) is 31.0. The second-order valence-corrected chi connectivity index (χ2v) is 17.8. The summed E-state index contributed by atoms with van der Waals surface area (Å²) in [7, 11) is 0. The third-order valence-corrected chi connectivity index (χ3v) is 12.7. The van der Waals surface area contributed by atoms with Gasteiger partial charge in [0.15, 0.2) is 0 Å². The Labute approximate surface area is 343 Å². The van der Waals surface area contributed by atoms with Crippen LogP contribution in [0.15, 0.2) is 36.4 Å². The smallest absolute Gasteiger partial charge is 0.126 e. The molecule has 12 nitrogen and oxygen atoms in total. The van der Waals surface area contributed by atoms with Crippen LogP contribution in [-0.2, 0) is 48.7 Å². The summed E-state index contributed by atoms with van der Waals surface area (Å²) in [6.07, 6.45) is 11.5. The van der Waals surface area contributed by atoms with Gasteiger partial charge in [-0.2, -0.15) is 0 Å². The van der Waals surface area contributed by atoms with E-state index in [9.17, 15) is 0 Å². The van der Waals surface area contributed by atoms with Crippen molar-refractivity contribution in [2.24, 2.45) is 11.8 Å². The summed E-state index contributed by atoms with van der Waals surface area (Å²) in [5.41, 5.74) is 2.67. The lowest BCUT2D eigenvalue weighted by Crippen LogP contribution is -2.56. The number of hydrogen-bond acceptors (Lipinski definition) is 12. The van der Waals surface area contributed by atoms with Crippen LogP contribution in [0, 0.1) is 11.8 Å². The predicted molar refractivity (Wildman–Crippen MR) is 214 cm³/mol. The Kier molecular flexibility index (Phi) is 13.6. The molecule has 8 fully saturated rings. The summed E-state index contributed by atoms with van der Waals surface area (Å²) in [6, 6.07) is 13.2. The zero-order chi connectivity index (χ0) is 39.0. The molecule has 320 valence electrons. The highest BCUT2D eigenvalue weighted by molar-refractivity contribution is 5.51. The van der Waals surface area contributed by atoms with E-state index in [0.29, 0.717) is 91.1 Å². The van der Waals surface area contributed by atoms with E-state index in [2.05, 4.69) is 36.4 Å². The fourth-order valence-electron chi connectivity index (χ4n) is 10.1. The molecule has 8 aliphatic rings. The maximum Gasteiger partial charge on any atom is 0.126 e. The highest BCUT2D eigenvalue weighted by atomic mass is 16.6. The van der Waals surface area contributed by atoms with Crippen LogP contribution in [0.25, 0.3) is 0 Å². The maximum atomic E-state index is 6.72. The Hall–Kier alpha value is -2.68. The molecule has 4 aliphatic heterocycles. The van der Waals surface area contributed by atoms with Crippen molar-refractivity contribution >= 4 is 0 Å². The number of epoxide rings is 4. The van der Waals surface area contributed by atoms with Gasteiger partial charge >= 0.3 is 0 Å². The molecule has 0 radical (unpaired) electrons. The van der Waals surface area contributed by atoms with Crippen LogP contribution in [0.2, 0.25) is 0 Å². The van der Waals surface area contributed by atoms with E-state index < -0.39 is 0 Å². The molecule has 10 rings (SSSR count). The van der Waals surface area contributed by atoms with Crippen molar-refractivity contribution in [3.05, 3.63) is 47.5 Å². The van der Waals surface area contributed by atoms with Gasteiger partial charge in [-0.05, 0) is 62.5 Å². The van der Waals surface area contributed by atoms with Gasteiger partial charge in [0.05, 0.1) is 79.3 Å². The molecule has 0 amide bonds. The molecule has 4 saturated heterocycles. The molecule has 2 aromatic rings. The minimum absolute atomic E-state index is 0.00709. The lowest BCUT2D eigenvalue weighted by Gasteiger charge is -2.63. The fourth-order valence-corrected chi connectivity index (χ4v) is 10.1. The maximum absolute atomic E-state index is 6.72. The van der Waals surface area contributed by atoms with Crippen molar-refractivity contribution in [1.82, 2.24) is 0 Å². The Morgan fingerprint density at radius 1 is 0.448 bits per heavy atom. The number of ether oxygens (including phenoxy) is 12. The molecule has 2 aromatic carbocycles. The van der Waals surface area contributed by atoms with Crippen LogP contribution in [0.4, 0.5) is 0 Å². The standard InChI is InChI=1S/C46H64O12/c1(9-47-24-37-28-55-37)13-51-35-5-7-41(43(18-35)53-15-3-11-49-26-39-30-57-39)45-20-33-17-34(21-45)23-46(22-33,32-45)42-8-6-36(52-14-2-10-48-25-38-29-56-38)19-44(42)54-16-4-12-50-27-40-31-58-40/h5-8,18-19,33-34,37-40H,1-4,9-17,20-32H2. The number of hydrogen-bond donors (Lipinski definition) is 0. The molecule has 4 bridgehead atoms. The zero-order valence-electron chi connectivity index (χ0n) is 34.2. The van der Waals surface area contributed by atoms with Crippen LogP contribution in [-0.4, -0.2) is 130 Å². The Morgan fingerprint density at radius 2 is 0.793 bits per heavy atom. The Balaban J connectivity index is 0.902. The van der Waals surface area contributed by atoms with Crippen LogP contribution >= 0.6 is 0 Å². The lowest BCUT2D eigenvalue weighted by atomic mass is 9.41. The topological polar surface area (TPSA) is 124 Å². The van der Waals surface area contributed by atoms with E-state index in [1.807, 2.05) is 0 Å². The van der Waals surface area contributed by atoms with E-state index in [0.717, 1.165) is 81.5 Å². The monoisotopic (exact) mass is 808 g/mol. The van der Waals surface area contributed by atoms with Gasteiger partial charge in [0, 0.05) is 86.2 Å². The van der Waals surface area contributed by atoms with E-state index in [1.54, 1.807) is 0 Å². The molecule has 4 heterocycles. The molecule has 0 N–H and O–H groups in total. The highest BCUT2D eigenvalue weighted by Crippen LogP contribution is 2.68. The largest absolute Gasteiger partial charge is 0.493 e. The summed E-state index contributed by atoms with van der Waals surface area (Å²) < 4.78 is 70.4. The summed E-state index contributed by atoms with van der Waals surface area (Å²) in [6.45, 7) is 10.9. The van der Waals surface area contributed by atoms with E-state index in [1.165, 1.54) is 43.2 Å². The average Bonchev–Trinajstić information content (AvgIpc) is 4.01. The minimum Gasteiger partial charge on any atom is -0.493 e. The van der Waals surface area contributed by atoms with E-state index in [-0.39, 0.29) is 35.2 Å². The number of rotatable bonds is 30. The van der Waals surface area contributed by atoms with Gasteiger partial charge < -0.3 is 56.8 Å². The third-order valence-electron chi connectivity index (χ3n) is 12.7. The molecule has 4 saturated carbocycles. The van der Waals surface area contributed by atoms with Gasteiger partial charge in [-0.15, -0.1) is 0 Å². The van der Waals surface area contributed by atoms with Gasteiger partial charge in [-0.3, -0.25) is 0 Å². The minimum atomic E-state index is 0.00709. The van der Waals surface area contributed by atoms with Crippen LogP contribution < -0.4 is 18.9 Å². The summed E-state index contributed by atoms with van der Waals surface area (Å²) >= 11 is 0. The molecular weight excluding hydrogens is 744 g/mol. The quantitative estimate of drug-likeness (QED) is 0.0659. The average molecular weight is 809 g/mol. The highest BCUT2D eigenvalue weighted by Gasteiger charge is 2.60. The molecule has 58 heavy (non-hydrogen) atoms. The summed E-state index contributed by atoms with van der Waals surface area (Å²) in [5, 5.41) is 0. The first-order valence-corrected chi connectivity index (χ1v) is 22.2. The summed E-state index contributed by atoms with van der Waals surface area (Å²) in [4.78, 5) is 0. The first-order valence-electron chi connectivity index (χ1n) is 22.2. The molecule has 0 aromatic heterocycles. The van der Waals surface area contributed by atoms with Crippen LogP contribution in [0.3, 0.4) is 0 Å². The molecule has 0 spiro atoms. The Bertz CT molecular complexity index is 1480. The van der Waals surface area contributed by atoms with Gasteiger partial charge in [0.25, 0.3) is 0 Å². The van der Waals surface area contributed by atoms with Gasteiger partial charge in [-0.25, -0.2) is 0 Å². The second-order valence-electron chi connectivity index (χ2n) is 17.8. The molecule has 4 aliphatic carbocycles. The predicted octanol–water partition coefficient (Wildman–Crippen LogP) is 6.21. The first kappa shape index (κ1) is 40.7. The molecule has 4 atom stereocenters. The van der Waals surface area contributed by atoms with Crippen molar-refractivity contribution in [2.75, 3.05) is 106 Å². The zero-order valence-corrected chi connectivity index (χ0v) is 34.2. The lowest BCUT2D eigenvalue weighted by molar-refractivity contribution is -0.0302. The molecular formula is C46H64O12. The van der Waals surface area contributed by atoms with Crippen LogP contribution in [0.1, 0.15) is 75.3 Å². The molecule has 12 heteroatoms. The van der Waals surface area contributed by atoms with E-state index >= 15 is 0 Å². The van der Waals surface area contributed by atoms with Crippen molar-refractivity contribution in [3.63, 3.8) is 0 Å². The van der Waals surface area contributed by atoms with Crippen molar-refractivity contribution in [2.45, 2.75) is 99.5 Å². The van der Waals surface area contributed by atoms with Crippen molar-refractivity contribution in [1.29, 1.82) is 0 Å². The third kappa shape index (κ3) is 11.4. The summed E-state index contributed by atoms with van der Waals surface area (Å²) in [5.74, 6) is 4.88. The Morgan fingerprint density at radius 3 is 1.14 bits per heavy atom. The van der Waals surface area contributed by atoms with Crippen molar-refractivity contribution < 1.29 is 56.8 Å². The SMILES string of the molecule is c1cc(C23CC4CC(C2)CC(c2ccc(OCCCOCC5CO5)cc2OCCCOCC2CO2)(C4)C3)c(OCCCOCC2CO2)cc1OCCCOCC1CO1. The van der Waals surface area contributed by atoms with Gasteiger partial charge in [-0.1, -0.05) is 12.1 Å². The van der Waals surface area contributed by atoms with Crippen molar-refractivity contribution in [3.8, 4) is 23.0 Å². The molecule has 4 unspecified atom stereocenters. The first-order chi connectivity index (χ1) is 28.6. The van der Waals surface area contributed by atoms with Gasteiger partial charge in [0.2, 0.25) is 0 Å². The van der Waals surface area contributed by atoms with Crippen LogP contribution in [0.5, 0.6) is 23.0 Å². The van der Waals surface area contributed by atoms with E-state index in [4.69, 9.17) is 56.8 Å².